The van der Waals surface area contributed by atoms with Crippen LogP contribution in [0.5, 0.6) is 0 Å². The molecular weight excluding hydrogens is 264 g/mol. The maximum Gasteiger partial charge on any atom is 0.0736 e. The lowest BCUT2D eigenvalue weighted by Crippen LogP contribution is -2.02. The highest BCUT2D eigenvalue weighted by atomic mass is 79.9. The van der Waals surface area contributed by atoms with Gasteiger partial charge in [0.1, 0.15) is 0 Å². The van der Waals surface area contributed by atoms with Gasteiger partial charge in [-0.25, -0.2) is 0 Å². The number of halogens is 1. The van der Waals surface area contributed by atoms with Gasteiger partial charge in [0.05, 0.1) is 12.2 Å². The van der Waals surface area contributed by atoms with Gasteiger partial charge >= 0.3 is 0 Å². The van der Waals surface area contributed by atoms with Gasteiger partial charge in [-0.05, 0) is 47.1 Å². The molecule has 2 rings (SSSR count). The van der Waals surface area contributed by atoms with Crippen molar-refractivity contribution in [2.45, 2.75) is 13.5 Å². The number of aryl methyl sites for hydroxylation is 1. The molecule has 1 aromatic heterocycles. The Balaban J connectivity index is 2.02. The first-order valence-corrected chi connectivity index (χ1v) is 5.95. The molecule has 3 heteroatoms. The van der Waals surface area contributed by atoms with Crippen molar-refractivity contribution < 1.29 is 0 Å². The van der Waals surface area contributed by atoms with Crippen LogP contribution in [0.4, 0.5) is 5.69 Å². The van der Waals surface area contributed by atoms with E-state index in [9.17, 15) is 0 Å². The minimum atomic E-state index is 0.727. The fraction of sp³-hybridized carbons (Fsp3) is 0.154. The monoisotopic (exact) mass is 276 g/mol. The van der Waals surface area contributed by atoms with Crippen LogP contribution in [0.1, 0.15) is 11.3 Å². The van der Waals surface area contributed by atoms with Gasteiger partial charge in [-0.1, -0.05) is 17.7 Å². The van der Waals surface area contributed by atoms with Crippen LogP contribution in [-0.4, -0.2) is 4.98 Å². The molecule has 0 atom stereocenters. The summed E-state index contributed by atoms with van der Waals surface area (Å²) in [5, 5.41) is 3.34. The highest BCUT2D eigenvalue weighted by Crippen LogP contribution is 2.15. The zero-order valence-corrected chi connectivity index (χ0v) is 10.7. The topological polar surface area (TPSA) is 24.9 Å². The van der Waals surface area contributed by atoms with Crippen LogP contribution in [-0.2, 0) is 6.54 Å². The van der Waals surface area contributed by atoms with Gasteiger partial charge in [0.25, 0.3) is 0 Å². The minimum Gasteiger partial charge on any atom is -0.379 e. The first kappa shape index (κ1) is 11.1. The first-order valence-electron chi connectivity index (χ1n) is 5.15. The molecule has 0 unspecified atom stereocenters. The lowest BCUT2D eigenvalue weighted by Gasteiger charge is -2.07. The zero-order valence-electron chi connectivity index (χ0n) is 9.07. The van der Waals surface area contributed by atoms with Gasteiger partial charge < -0.3 is 5.32 Å². The fourth-order valence-corrected chi connectivity index (χ4v) is 1.80. The van der Waals surface area contributed by atoms with Gasteiger partial charge in [0.2, 0.25) is 0 Å². The van der Waals surface area contributed by atoms with Crippen LogP contribution in [0.15, 0.2) is 47.1 Å². The number of hydrogen-bond donors (Lipinski definition) is 1. The number of benzene rings is 1. The van der Waals surface area contributed by atoms with Crippen molar-refractivity contribution >= 4 is 21.6 Å². The fourth-order valence-electron chi connectivity index (χ4n) is 1.41. The maximum atomic E-state index is 4.30. The Morgan fingerprint density at radius 2 is 1.94 bits per heavy atom. The van der Waals surface area contributed by atoms with E-state index >= 15 is 0 Å². The van der Waals surface area contributed by atoms with Gasteiger partial charge in [-0.3, -0.25) is 4.98 Å². The Labute approximate surface area is 104 Å². The maximum absolute atomic E-state index is 4.30. The van der Waals surface area contributed by atoms with Gasteiger partial charge in [0, 0.05) is 16.4 Å². The molecule has 1 heterocycles. The average molecular weight is 277 g/mol. The van der Waals surface area contributed by atoms with Crippen molar-refractivity contribution in [2.75, 3.05) is 5.32 Å². The van der Waals surface area contributed by atoms with E-state index in [1.165, 1.54) is 5.56 Å². The van der Waals surface area contributed by atoms with E-state index in [0.717, 1.165) is 22.4 Å². The Morgan fingerprint density at radius 1 is 1.19 bits per heavy atom. The van der Waals surface area contributed by atoms with Crippen LogP contribution in [0.25, 0.3) is 0 Å². The molecule has 0 bridgehead atoms. The van der Waals surface area contributed by atoms with Crippen molar-refractivity contribution in [3.05, 3.63) is 58.3 Å². The highest BCUT2D eigenvalue weighted by molar-refractivity contribution is 9.10. The van der Waals surface area contributed by atoms with Crippen LogP contribution < -0.4 is 5.32 Å². The van der Waals surface area contributed by atoms with Gasteiger partial charge in [-0.2, -0.15) is 0 Å². The van der Waals surface area contributed by atoms with Crippen LogP contribution in [0, 0.1) is 6.92 Å². The Hall–Kier alpha value is -1.35. The quantitative estimate of drug-likeness (QED) is 0.923. The number of nitrogens with one attached hydrogen (secondary N) is 1. The summed E-state index contributed by atoms with van der Waals surface area (Å²) in [5.74, 6) is 0. The predicted molar refractivity (Wildman–Crippen MR) is 70.4 cm³/mol. The molecule has 0 spiro atoms. The van der Waals surface area contributed by atoms with E-state index in [1.807, 2.05) is 12.1 Å². The predicted octanol–water partition coefficient (Wildman–Crippen LogP) is 3.76. The van der Waals surface area contributed by atoms with Crippen molar-refractivity contribution in [3.63, 3.8) is 0 Å². The number of anilines is 1. The van der Waals surface area contributed by atoms with E-state index in [2.05, 4.69) is 57.4 Å². The van der Waals surface area contributed by atoms with Crippen molar-refractivity contribution in [2.24, 2.45) is 0 Å². The molecule has 82 valence electrons. The third kappa shape index (κ3) is 2.83. The molecule has 0 amide bonds. The lowest BCUT2D eigenvalue weighted by molar-refractivity contribution is 1.03. The van der Waals surface area contributed by atoms with E-state index in [4.69, 9.17) is 0 Å². The number of aromatic nitrogens is 1. The summed E-state index contributed by atoms with van der Waals surface area (Å²) in [6, 6.07) is 12.3. The molecule has 1 aromatic carbocycles. The summed E-state index contributed by atoms with van der Waals surface area (Å²) in [4.78, 5) is 4.30. The molecule has 2 aromatic rings. The zero-order chi connectivity index (χ0) is 11.4. The van der Waals surface area contributed by atoms with Crippen molar-refractivity contribution in [3.8, 4) is 0 Å². The highest BCUT2D eigenvalue weighted by Gasteiger charge is 1.99. The summed E-state index contributed by atoms with van der Waals surface area (Å²) >= 11 is 3.48. The molecule has 0 radical (unpaired) electrons. The molecule has 1 N–H and O–H groups in total. The normalized spacial score (nSPS) is 10.1. The van der Waals surface area contributed by atoms with E-state index < -0.39 is 0 Å². The lowest BCUT2D eigenvalue weighted by atomic mass is 10.2. The standard InChI is InChI=1S/C13H13BrN2/c1-10-4-6-11(7-5-10)16-9-13-12(14)3-2-8-15-13/h2-8,16H,9H2,1H3. The molecule has 0 saturated heterocycles. The van der Waals surface area contributed by atoms with Crippen LogP contribution >= 0.6 is 15.9 Å². The van der Waals surface area contributed by atoms with E-state index in [1.54, 1.807) is 6.20 Å². The van der Waals surface area contributed by atoms with E-state index in [-0.39, 0.29) is 0 Å². The van der Waals surface area contributed by atoms with E-state index in [0.29, 0.717) is 0 Å². The van der Waals surface area contributed by atoms with Gasteiger partial charge in [-0.15, -0.1) is 0 Å². The summed E-state index contributed by atoms with van der Waals surface area (Å²) < 4.78 is 1.04. The third-order valence-corrected chi connectivity index (χ3v) is 3.07. The first-order chi connectivity index (χ1) is 7.75. The van der Waals surface area contributed by atoms with Crippen molar-refractivity contribution in [1.29, 1.82) is 0 Å². The van der Waals surface area contributed by atoms with Crippen LogP contribution in [0.2, 0.25) is 0 Å². The largest absolute Gasteiger partial charge is 0.379 e. The summed E-state index contributed by atoms with van der Waals surface area (Å²) in [6.45, 7) is 2.81. The summed E-state index contributed by atoms with van der Waals surface area (Å²) in [7, 11) is 0. The Morgan fingerprint density at radius 3 is 2.62 bits per heavy atom. The molecule has 0 fully saturated rings. The second-order valence-corrected chi connectivity index (χ2v) is 4.51. The molecule has 0 aliphatic heterocycles. The summed E-state index contributed by atoms with van der Waals surface area (Å²) in [6.07, 6.45) is 1.80. The molecule has 2 nitrogen and oxygen atoms in total. The smallest absolute Gasteiger partial charge is 0.0736 e. The molecular formula is C13H13BrN2. The average Bonchev–Trinajstić information content (AvgIpc) is 2.30. The molecule has 16 heavy (non-hydrogen) atoms. The minimum absolute atomic E-state index is 0.727. The molecule has 0 saturated carbocycles. The Kier molecular flexibility index (Phi) is 3.57. The second kappa shape index (κ2) is 5.12. The van der Waals surface area contributed by atoms with Crippen molar-refractivity contribution in [1.82, 2.24) is 4.98 Å². The van der Waals surface area contributed by atoms with Gasteiger partial charge in [0.15, 0.2) is 0 Å². The SMILES string of the molecule is Cc1ccc(NCc2ncccc2Br)cc1. The Bertz CT molecular complexity index is 466. The molecule has 0 aliphatic rings. The third-order valence-electron chi connectivity index (χ3n) is 2.35. The molecule has 0 aliphatic carbocycles. The van der Waals surface area contributed by atoms with Crippen LogP contribution in [0.3, 0.4) is 0 Å². The number of pyridine rings is 1. The number of nitrogens with zero attached hydrogens (tertiary/aromatic N) is 1. The number of hydrogen-bond acceptors (Lipinski definition) is 2. The summed E-state index contributed by atoms with van der Waals surface area (Å²) in [5.41, 5.74) is 3.40. The number of rotatable bonds is 3. The second-order valence-electron chi connectivity index (χ2n) is 3.65.